The minimum absolute atomic E-state index is 0.00664. The van der Waals surface area contributed by atoms with Crippen molar-refractivity contribution in [3.05, 3.63) is 92.9 Å². The molecule has 0 saturated carbocycles. The van der Waals surface area contributed by atoms with E-state index in [0.717, 1.165) is 9.87 Å². The van der Waals surface area contributed by atoms with Gasteiger partial charge in [0.05, 0.1) is 10.6 Å². The summed E-state index contributed by atoms with van der Waals surface area (Å²) in [5.41, 5.74) is 1.52. The van der Waals surface area contributed by atoms with Gasteiger partial charge in [0.2, 0.25) is 11.8 Å². The number of hydrogen-bond acceptors (Lipinski definition) is 4. The molecule has 1 atom stereocenters. The van der Waals surface area contributed by atoms with Crippen LogP contribution in [0.3, 0.4) is 0 Å². The average molecular weight is 611 g/mol. The number of rotatable bonds is 10. The summed E-state index contributed by atoms with van der Waals surface area (Å²) in [5.74, 6) is -1.04. The molecule has 0 aliphatic carbocycles. The number of sulfonamides is 1. The molecule has 0 radical (unpaired) electrons. The molecule has 2 amide bonds. The first kappa shape index (κ1) is 30.8. The Kier molecular flexibility index (Phi) is 10.3. The fourth-order valence-electron chi connectivity index (χ4n) is 3.84. The number of aryl methyl sites for hydroxylation is 1. The minimum atomic E-state index is -4.20. The summed E-state index contributed by atoms with van der Waals surface area (Å²) in [6.45, 7) is 6.30. The van der Waals surface area contributed by atoms with Gasteiger partial charge in [-0.3, -0.25) is 13.9 Å². The van der Waals surface area contributed by atoms with Gasteiger partial charge < -0.3 is 10.2 Å². The van der Waals surface area contributed by atoms with Crippen LogP contribution in [0.2, 0.25) is 15.1 Å². The molecule has 0 aromatic heterocycles. The Morgan fingerprint density at radius 1 is 0.897 bits per heavy atom. The second-order valence-corrected chi connectivity index (χ2v) is 12.5. The number of nitrogens with zero attached hydrogens (tertiary/aromatic N) is 2. The highest BCUT2D eigenvalue weighted by molar-refractivity contribution is 7.92. The van der Waals surface area contributed by atoms with Crippen LogP contribution < -0.4 is 9.62 Å². The number of hydrogen-bond donors (Lipinski definition) is 1. The fraction of sp³-hybridized carbons (Fsp3) is 0.286. The molecule has 0 spiro atoms. The zero-order valence-corrected chi connectivity index (χ0v) is 25.1. The Morgan fingerprint density at radius 3 is 2.05 bits per heavy atom. The van der Waals surface area contributed by atoms with E-state index < -0.39 is 34.4 Å². The standard InChI is InChI=1S/C28H30Cl3N3O4S/c1-18(2)32-28(36)20(4)33(16-24-25(30)9-6-10-26(24)31)27(35)17-34(22-8-5-7-21(29)15-22)39(37,38)23-13-11-19(3)12-14-23/h5-15,18,20H,16-17H2,1-4H3,(H,32,36)/t20-/m1/s1. The van der Waals surface area contributed by atoms with Crippen molar-refractivity contribution in [1.29, 1.82) is 0 Å². The molecule has 11 heteroatoms. The van der Waals surface area contributed by atoms with Crippen LogP contribution in [0.5, 0.6) is 0 Å². The van der Waals surface area contributed by atoms with Gasteiger partial charge in [-0.05, 0) is 70.2 Å². The first-order valence-corrected chi connectivity index (χ1v) is 14.8. The summed E-state index contributed by atoms with van der Waals surface area (Å²) in [6, 6.07) is 16.3. The quantitative estimate of drug-likeness (QED) is 0.301. The van der Waals surface area contributed by atoms with Crippen molar-refractivity contribution in [2.75, 3.05) is 10.8 Å². The Bertz CT molecular complexity index is 1430. The lowest BCUT2D eigenvalue weighted by Crippen LogP contribution is -2.52. The average Bonchev–Trinajstić information content (AvgIpc) is 2.86. The fourth-order valence-corrected chi connectivity index (χ4v) is 5.95. The second-order valence-electron chi connectivity index (χ2n) is 9.37. The summed E-state index contributed by atoms with van der Waals surface area (Å²) in [4.78, 5) is 28.2. The molecule has 3 aromatic carbocycles. The van der Waals surface area contributed by atoms with Gasteiger partial charge in [-0.25, -0.2) is 8.42 Å². The molecule has 3 rings (SSSR count). The van der Waals surface area contributed by atoms with Crippen LogP contribution in [0.15, 0.2) is 71.6 Å². The smallest absolute Gasteiger partial charge is 0.264 e. The lowest BCUT2D eigenvalue weighted by Gasteiger charge is -2.32. The molecule has 3 aromatic rings. The zero-order chi connectivity index (χ0) is 28.9. The molecule has 1 N–H and O–H groups in total. The van der Waals surface area contributed by atoms with E-state index in [9.17, 15) is 18.0 Å². The molecule has 39 heavy (non-hydrogen) atoms. The van der Waals surface area contributed by atoms with Gasteiger partial charge in [0.15, 0.2) is 0 Å². The van der Waals surface area contributed by atoms with Crippen LogP contribution in [0.1, 0.15) is 31.9 Å². The number of carbonyl (C=O) groups is 2. The number of benzene rings is 3. The highest BCUT2D eigenvalue weighted by atomic mass is 35.5. The highest BCUT2D eigenvalue weighted by Crippen LogP contribution is 2.29. The number of halogens is 3. The molecule has 0 saturated heterocycles. The van der Waals surface area contributed by atoms with E-state index in [2.05, 4.69) is 5.32 Å². The molecule has 0 bridgehead atoms. The van der Waals surface area contributed by atoms with Crippen LogP contribution in [-0.2, 0) is 26.2 Å². The van der Waals surface area contributed by atoms with Crippen molar-refractivity contribution in [3.63, 3.8) is 0 Å². The maximum Gasteiger partial charge on any atom is 0.264 e. The Hall–Kier alpha value is -2.78. The predicted molar refractivity (Wildman–Crippen MR) is 157 cm³/mol. The lowest BCUT2D eigenvalue weighted by molar-refractivity contribution is -0.139. The van der Waals surface area contributed by atoms with E-state index in [-0.39, 0.29) is 23.2 Å². The number of anilines is 1. The predicted octanol–water partition coefficient (Wildman–Crippen LogP) is 6.09. The Balaban J connectivity index is 2.07. The third-order valence-electron chi connectivity index (χ3n) is 5.97. The van der Waals surface area contributed by atoms with Crippen molar-refractivity contribution in [2.45, 2.75) is 51.2 Å². The summed E-state index contributed by atoms with van der Waals surface area (Å²) < 4.78 is 28.6. The van der Waals surface area contributed by atoms with E-state index in [1.807, 2.05) is 6.92 Å². The molecule has 7 nitrogen and oxygen atoms in total. The topological polar surface area (TPSA) is 86.8 Å². The molecule has 0 heterocycles. The molecule has 0 aliphatic heterocycles. The van der Waals surface area contributed by atoms with Crippen LogP contribution >= 0.6 is 34.8 Å². The molecule has 0 fully saturated rings. The van der Waals surface area contributed by atoms with E-state index in [1.54, 1.807) is 69.3 Å². The van der Waals surface area contributed by atoms with Gasteiger partial charge in [0, 0.05) is 33.2 Å². The zero-order valence-electron chi connectivity index (χ0n) is 22.0. The van der Waals surface area contributed by atoms with Gasteiger partial charge in [0.1, 0.15) is 12.6 Å². The second kappa shape index (κ2) is 13.0. The third kappa shape index (κ3) is 7.66. The first-order chi connectivity index (χ1) is 18.3. The van der Waals surface area contributed by atoms with Crippen LogP contribution in [0, 0.1) is 6.92 Å². The summed E-state index contributed by atoms with van der Waals surface area (Å²) in [5, 5.41) is 3.73. The molecular weight excluding hydrogens is 581 g/mol. The number of carbonyl (C=O) groups excluding carboxylic acids is 2. The number of nitrogens with one attached hydrogen (secondary N) is 1. The SMILES string of the molecule is Cc1ccc(S(=O)(=O)N(CC(=O)N(Cc2c(Cl)cccc2Cl)[C@H](C)C(=O)NC(C)C)c2cccc(Cl)c2)cc1. The normalized spacial score (nSPS) is 12.2. The van der Waals surface area contributed by atoms with E-state index in [4.69, 9.17) is 34.8 Å². The van der Waals surface area contributed by atoms with Gasteiger partial charge in [0.25, 0.3) is 10.0 Å². The maximum atomic E-state index is 13.9. The largest absolute Gasteiger partial charge is 0.352 e. The third-order valence-corrected chi connectivity index (χ3v) is 8.70. The lowest BCUT2D eigenvalue weighted by atomic mass is 10.1. The van der Waals surface area contributed by atoms with Crippen molar-refractivity contribution in [1.82, 2.24) is 10.2 Å². The molecule has 0 unspecified atom stereocenters. The van der Waals surface area contributed by atoms with Crippen molar-refractivity contribution < 1.29 is 18.0 Å². The van der Waals surface area contributed by atoms with Gasteiger partial charge in [-0.2, -0.15) is 0 Å². The van der Waals surface area contributed by atoms with Crippen molar-refractivity contribution in [3.8, 4) is 0 Å². The Morgan fingerprint density at radius 2 is 1.49 bits per heavy atom. The highest BCUT2D eigenvalue weighted by Gasteiger charge is 2.33. The van der Waals surface area contributed by atoms with Gasteiger partial charge >= 0.3 is 0 Å². The molecule has 208 valence electrons. The molecule has 0 aliphatic rings. The molecular formula is C28H30Cl3N3O4S. The Labute approximate surface area is 244 Å². The van der Waals surface area contributed by atoms with Crippen molar-refractivity contribution >= 4 is 62.3 Å². The monoisotopic (exact) mass is 609 g/mol. The van der Waals surface area contributed by atoms with E-state index in [0.29, 0.717) is 20.6 Å². The van der Waals surface area contributed by atoms with Crippen LogP contribution in [0.25, 0.3) is 0 Å². The summed E-state index contributed by atoms with van der Waals surface area (Å²) in [6.07, 6.45) is 0. The summed E-state index contributed by atoms with van der Waals surface area (Å²) >= 11 is 19.0. The summed E-state index contributed by atoms with van der Waals surface area (Å²) in [7, 11) is -4.20. The van der Waals surface area contributed by atoms with Crippen LogP contribution in [0.4, 0.5) is 5.69 Å². The van der Waals surface area contributed by atoms with E-state index >= 15 is 0 Å². The van der Waals surface area contributed by atoms with Gasteiger partial charge in [-0.15, -0.1) is 0 Å². The van der Waals surface area contributed by atoms with Crippen LogP contribution in [-0.4, -0.2) is 43.8 Å². The minimum Gasteiger partial charge on any atom is -0.352 e. The maximum absolute atomic E-state index is 13.9. The van der Waals surface area contributed by atoms with E-state index in [1.165, 1.54) is 23.1 Å². The number of amides is 2. The van der Waals surface area contributed by atoms with Gasteiger partial charge in [-0.1, -0.05) is 64.6 Å². The first-order valence-electron chi connectivity index (χ1n) is 12.2. The van der Waals surface area contributed by atoms with Crippen molar-refractivity contribution in [2.24, 2.45) is 0 Å².